The van der Waals surface area contributed by atoms with Crippen molar-refractivity contribution in [2.24, 2.45) is 0 Å². The number of allylic oxidation sites excluding steroid dienone is 1. The van der Waals surface area contributed by atoms with E-state index in [1.54, 1.807) is 25.1 Å². The van der Waals surface area contributed by atoms with Gasteiger partial charge in [0.25, 0.3) is 0 Å². The smallest absolute Gasteiger partial charge is 0.335 e. The van der Waals surface area contributed by atoms with E-state index in [1.165, 1.54) is 13.0 Å². The molecule has 0 aromatic heterocycles. The lowest BCUT2D eigenvalue weighted by atomic mass is 9.82. The van der Waals surface area contributed by atoms with Crippen LogP contribution in [0.3, 0.4) is 0 Å². The molecule has 4 nitrogen and oxygen atoms in total. The minimum Gasteiger partial charge on any atom is -0.427 e. The molecule has 1 aliphatic carbocycles. The lowest BCUT2D eigenvalue weighted by Gasteiger charge is -2.22. The molecular weight excluding hydrogens is 316 g/mol. The number of carbonyl (C=O) groups is 2. The number of ether oxygens (including phenoxy) is 2. The quantitative estimate of drug-likeness (QED) is 0.473. The van der Waals surface area contributed by atoms with Crippen molar-refractivity contribution in [1.82, 2.24) is 0 Å². The van der Waals surface area contributed by atoms with Crippen LogP contribution in [0.2, 0.25) is 0 Å². The number of esters is 2. The van der Waals surface area contributed by atoms with Crippen LogP contribution in [0.5, 0.6) is 11.5 Å². The molecule has 0 amide bonds. The van der Waals surface area contributed by atoms with E-state index in [-0.39, 0.29) is 11.4 Å². The van der Waals surface area contributed by atoms with E-state index >= 15 is 0 Å². The zero-order valence-corrected chi connectivity index (χ0v) is 14.8. The van der Waals surface area contributed by atoms with E-state index < -0.39 is 5.97 Å². The molecule has 2 aromatic carbocycles. The fraction of sp³-hybridized carbons (Fsp3) is 0.238. The Labute approximate surface area is 147 Å². The van der Waals surface area contributed by atoms with Crippen molar-refractivity contribution < 1.29 is 19.1 Å². The maximum atomic E-state index is 11.7. The highest BCUT2D eigenvalue weighted by molar-refractivity contribution is 5.85. The molecule has 0 aliphatic heterocycles. The lowest BCUT2D eigenvalue weighted by Crippen LogP contribution is -2.15. The van der Waals surface area contributed by atoms with Crippen LogP contribution < -0.4 is 9.47 Å². The predicted molar refractivity (Wildman–Crippen MR) is 95.8 cm³/mol. The highest BCUT2D eigenvalue weighted by atomic mass is 16.5. The van der Waals surface area contributed by atoms with Gasteiger partial charge >= 0.3 is 11.9 Å². The van der Waals surface area contributed by atoms with Gasteiger partial charge in [0.2, 0.25) is 0 Å². The zero-order chi connectivity index (χ0) is 18.2. The Morgan fingerprint density at radius 2 is 1.44 bits per heavy atom. The molecule has 2 aromatic rings. The zero-order valence-electron chi connectivity index (χ0n) is 14.8. The molecule has 0 heterocycles. The number of hydrogen-bond acceptors (Lipinski definition) is 4. The number of rotatable bonds is 3. The van der Waals surface area contributed by atoms with Gasteiger partial charge in [-0.2, -0.15) is 0 Å². The Hall–Kier alpha value is -2.88. The summed E-state index contributed by atoms with van der Waals surface area (Å²) in [5.74, 6) is 0.314. The second-order valence-corrected chi connectivity index (χ2v) is 6.55. The molecular formula is C21H20O4. The van der Waals surface area contributed by atoms with E-state index in [1.807, 2.05) is 24.3 Å². The standard InChI is InChI=1S/C21H20O4/c1-5-6-20(23)25-15-8-10-17-16-9-7-14(24-13(2)22)11-18(16)21(3,4)19(17)12-15/h5-12H,1-4H3. The number of hydrogen-bond donors (Lipinski definition) is 0. The molecule has 0 atom stereocenters. The molecule has 0 radical (unpaired) electrons. The topological polar surface area (TPSA) is 52.6 Å². The van der Waals surface area contributed by atoms with Crippen molar-refractivity contribution in [2.75, 3.05) is 0 Å². The van der Waals surface area contributed by atoms with E-state index in [0.717, 1.165) is 22.3 Å². The van der Waals surface area contributed by atoms with Gasteiger partial charge < -0.3 is 9.47 Å². The van der Waals surface area contributed by atoms with Gasteiger partial charge in [0.05, 0.1) is 0 Å². The van der Waals surface area contributed by atoms with Gasteiger partial charge in [-0.05, 0) is 53.4 Å². The molecule has 128 valence electrons. The highest BCUT2D eigenvalue weighted by Gasteiger charge is 2.36. The maximum Gasteiger partial charge on any atom is 0.335 e. The van der Waals surface area contributed by atoms with Crippen molar-refractivity contribution in [3.8, 4) is 22.6 Å². The van der Waals surface area contributed by atoms with Gasteiger partial charge in [0, 0.05) is 18.4 Å². The predicted octanol–water partition coefficient (Wildman–Crippen LogP) is 4.40. The summed E-state index contributed by atoms with van der Waals surface area (Å²) in [5.41, 5.74) is 4.07. The minimum absolute atomic E-state index is 0.288. The van der Waals surface area contributed by atoms with Crippen LogP contribution >= 0.6 is 0 Å². The summed E-state index contributed by atoms with van der Waals surface area (Å²) in [6.45, 7) is 7.36. The minimum atomic E-state index is -0.395. The van der Waals surface area contributed by atoms with Gasteiger partial charge in [-0.25, -0.2) is 4.79 Å². The third-order valence-corrected chi connectivity index (χ3v) is 4.40. The number of benzene rings is 2. The second kappa shape index (κ2) is 6.20. The van der Waals surface area contributed by atoms with Crippen molar-refractivity contribution in [1.29, 1.82) is 0 Å². The molecule has 4 heteroatoms. The summed E-state index contributed by atoms with van der Waals surface area (Å²) in [5, 5.41) is 0. The highest BCUT2D eigenvalue weighted by Crippen LogP contribution is 2.50. The average molecular weight is 336 g/mol. The van der Waals surface area contributed by atoms with Crippen LogP contribution in [0.1, 0.15) is 38.8 Å². The molecule has 0 fully saturated rings. The summed E-state index contributed by atoms with van der Waals surface area (Å²) in [6.07, 6.45) is 3.03. The van der Waals surface area contributed by atoms with Crippen molar-refractivity contribution in [2.45, 2.75) is 33.1 Å². The van der Waals surface area contributed by atoms with Crippen LogP contribution in [0.15, 0.2) is 48.6 Å². The largest absolute Gasteiger partial charge is 0.427 e. The molecule has 0 unspecified atom stereocenters. The Balaban J connectivity index is 2.02. The molecule has 1 aliphatic rings. The molecule has 25 heavy (non-hydrogen) atoms. The summed E-state index contributed by atoms with van der Waals surface area (Å²) in [6, 6.07) is 11.3. The Kier molecular flexibility index (Phi) is 4.21. The third kappa shape index (κ3) is 3.07. The van der Waals surface area contributed by atoms with E-state index in [0.29, 0.717) is 11.5 Å². The number of carbonyl (C=O) groups excluding carboxylic acids is 2. The van der Waals surface area contributed by atoms with Crippen LogP contribution in [0.25, 0.3) is 11.1 Å². The van der Waals surface area contributed by atoms with Gasteiger partial charge in [0.1, 0.15) is 11.5 Å². The Morgan fingerprint density at radius 3 is 1.92 bits per heavy atom. The van der Waals surface area contributed by atoms with Crippen LogP contribution in [-0.2, 0) is 15.0 Å². The van der Waals surface area contributed by atoms with Crippen molar-refractivity contribution in [3.05, 3.63) is 59.7 Å². The van der Waals surface area contributed by atoms with Crippen LogP contribution in [-0.4, -0.2) is 11.9 Å². The first-order valence-electron chi connectivity index (χ1n) is 8.15. The molecule has 0 saturated heterocycles. The monoisotopic (exact) mass is 336 g/mol. The molecule has 0 N–H and O–H groups in total. The van der Waals surface area contributed by atoms with Crippen LogP contribution in [0, 0.1) is 0 Å². The third-order valence-electron chi connectivity index (χ3n) is 4.40. The van der Waals surface area contributed by atoms with Gasteiger partial charge in [-0.3, -0.25) is 4.79 Å². The maximum absolute atomic E-state index is 11.7. The first-order chi connectivity index (χ1) is 11.8. The summed E-state index contributed by atoms with van der Waals surface area (Å²) >= 11 is 0. The molecule has 0 bridgehead atoms. The summed E-state index contributed by atoms with van der Waals surface area (Å²) < 4.78 is 10.6. The Morgan fingerprint density at radius 1 is 0.920 bits per heavy atom. The fourth-order valence-electron chi connectivity index (χ4n) is 3.27. The van der Waals surface area contributed by atoms with E-state index in [4.69, 9.17) is 9.47 Å². The Bertz CT molecular complexity index is 891. The second-order valence-electron chi connectivity index (χ2n) is 6.55. The SMILES string of the molecule is CC=CC(=O)Oc1ccc2c(c1)C(C)(C)c1cc(OC(C)=O)ccc1-2. The van der Waals surface area contributed by atoms with Gasteiger partial charge in [-0.15, -0.1) is 0 Å². The first kappa shape index (κ1) is 17.0. The van der Waals surface area contributed by atoms with Gasteiger partial charge in [-0.1, -0.05) is 32.1 Å². The molecule has 0 saturated carbocycles. The van der Waals surface area contributed by atoms with Gasteiger partial charge in [0.15, 0.2) is 0 Å². The lowest BCUT2D eigenvalue weighted by molar-refractivity contribution is -0.132. The molecule has 0 spiro atoms. The summed E-state index contributed by atoms with van der Waals surface area (Å²) in [4.78, 5) is 22.9. The van der Waals surface area contributed by atoms with Crippen molar-refractivity contribution in [3.63, 3.8) is 0 Å². The normalized spacial score (nSPS) is 14.1. The molecule has 3 rings (SSSR count). The van der Waals surface area contributed by atoms with Crippen molar-refractivity contribution >= 4 is 11.9 Å². The summed E-state index contributed by atoms with van der Waals surface area (Å²) in [7, 11) is 0. The van der Waals surface area contributed by atoms with Crippen LogP contribution in [0.4, 0.5) is 0 Å². The first-order valence-corrected chi connectivity index (χ1v) is 8.15. The average Bonchev–Trinajstić information content (AvgIpc) is 2.75. The van der Waals surface area contributed by atoms with E-state index in [9.17, 15) is 9.59 Å². The van der Waals surface area contributed by atoms with E-state index in [2.05, 4.69) is 13.8 Å². The fourth-order valence-corrected chi connectivity index (χ4v) is 3.27. The number of fused-ring (bicyclic) bond motifs is 3.